The predicted molar refractivity (Wildman–Crippen MR) is 80.8 cm³/mol. The topological polar surface area (TPSA) is 52.6 Å². The van der Waals surface area contributed by atoms with E-state index in [2.05, 4.69) is 18.3 Å². The van der Waals surface area contributed by atoms with Gasteiger partial charge in [-0.05, 0) is 36.8 Å². The lowest BCUT2D eigenvalue weighted by Crippen LogP contribution is -2.43. The molecule has 0 bridgehead atoms. The number of aryl methyl sites for hydroxylation is 1. The molecule has 0 unspecified atom stereocenters. The smallest absolute Gasteiger partial charge is 0.321 e. The number of aliphatic hydroxyl groups excluding tert-OH is 1. The summed E-state index contributed by atoms with van der Waals surface area (Å²) in [5, 5.41) is 12.3. The maximum Gasteiger partial charge on any atom is 0.321 e. The molecule has 1 fully saturated rings. The molecule has 1 aromatic rings. The number of carbonyl (C=O) groups excluding carboxylic acids is 1. The summed E-state index contributed by atoms with van der Waals surface area (Å²) in [4.78, 5) is 14.1. The second-order valence-electron chi connectivity index (χ2n) is 5.47. The average Bonchev–Trinajstić information content (AvgIpc) is 2.49. The summed E-state index contributed by atoms with van der Waals surface area (Å²) in [5.74, 6) is 0.223. The molecular weight excluding hydrogens is 252 g/mol. The van der Waals surface area contributed by atoms with Crippen molar-refractivity contribution in [3.05, 3.63) is 29.8 Å². The minimum atomic E-state index is -0.0493. The number of carbonyl (C=O) groups is 1. The van der Waals surface area contributed by atoms with E-state index in [0.29, 0.717) is 6.54 Å². The number of nitrogens with one attached hydrogen (secondary N) is 1. The molecule has 0 aliphatic carbocycles. The van der Waals surface area contributed by atoms with Crippen LogP contribution < -0.4 is 5.32 Å². The molecule has 1 atom stereocenters. The van der Waals surface area contributed by atoms with Crippen LogP contribution in [0.15, 0.2) is 24.3 Å². The van der Waals surface area contributed by atoms with Crippen LogP contribution in [0.2, 0.25) is 0 Å². The Balaban J connectivity index is 2.00. The standard InChI is InChI=1S/C16H24N2O2/c1-2-6-14-8-3-4-9-15(14)17-16(20)18-10-5-7-13(11-18)12-19/h3-4,8-9,13,19H,2,5-7,10-12H2,1H3,(H,17,20)/t13-/m1/s1. The summed E-state index contributed by atoms with van der Waals surface area (Å²) in [6, 6.07) is 7.92. The van der Waals surface area contributed by atoms with Crippen LogP contribution in [-0.2, 0) is 6.42 Å². The third kappa shape index (κ3) is 3.73. The second kappa shape index (κ2) is 7.29. The van der Waals surface area contributed by atoms with E-state index in [0.717, 1.165) is 37.9 Å². The number of nitrogens with zero attached hydrogens (tertiary/aromatic N) is 1. The molecule has 2 N–H and O–H groups in total. The number of hydrogen-bond donors (Lipinski definition) is 2. The van der Waals surface area contributed by atoms with E-state index < -0.39 is 0 Å². The summed E-state index contributed by atoms with van der Waals surface area (Å²) >= 11 is 0. The summed E-state index contributed by atoms with van der Waals surface area (Å²) in [5.41, 5.74) is 2.09. The Hall–Kier alpha value is -1.55. The highest BCUT2D eigenvalue weighted by Gasteiger charge is 2.23. The van der Waals surface area contributed by atoms with Gasteiger partial charge in [0.25, 0.3) is 0 Å². The number of rotatable bonds is 4. The number of piperidine rings is 1. The molecule has 0 radical (unpaired) electrons. The Morgan fingerprint density at radius 1 is 1.45 bits per heavy atom. The lowest BCUT2D eigenvalue weighted by Gasteiger charge is -2.32. The Labute approximate surface area is 120 Å². The van der Waals surface area contributed by atoms with Crippen molar-refractivity contribution in [1.82, 2.24) is 4.90 Å². The maximum absolute atomic E-state index is 12.3. The minimum absolute atomic E-state index is 0.0493. The van der Waals surface area contributed by atoms with E-state index in [1.54, 1.807) is 0 Å². The van der Waals surface area contributed by atoms with E-state index in [4.69, 9.17) is 0 Å². The lowest BCUT2D eigenvalue weighted by atomic mass is 9.99. The van der Waals surface area contributed by atoms with Crippen LogP contribution in [0.3, 0.4) is 0 Å². The van der Waals surface area contributed by atoms with Gasteiger partial charge in [-0.2, -0.15) is 0 Å². The molecule has 0 saturated carbocycles. The summed E-state index contributed by atoms with van der Waals surface area (Å²) in [7, 11) is 0. The van der Waals surface area contributed by atoms with Crippen molar-refractivity contribution in [2.45, 2.75) is 32.6 Å². The number of amides is 2. The van der Waals surface area contributed by atoms with E-state index >= 15 is 0 Å². The average molecular weight is 276 g/mol. The minimum Gasteiger partial charge on any atom is -0.396 e. The van der Waals surface area contributed by atoms with Crippen molar-refractivity contribution in [2.75, 3.05) is 25.0 Å². The highest BCUT2D eigenvalue weighted by Crippen LogP contribution is 2.20. The van der Waals surface area contributed by atoms with Gasteiger partial charge in [-0.3, -0.25) is 0 Å². The first-order valence-corrected chi connectivity index (χ1v) is 7.49. The van der Waals surface area contributed by atoms with E-state index in [1.165, 1.54) is 5.56 Å². The van der Waals surface area contributed by atoms with Gasteiger partial charge in [-0.15, -0.1) is 0 Å². The zero-order chi connectivity index (χ0) is 14.4. The second-order valence-corrected chi connectivity index (χ2v) is 5.47. The van der Waals surface area contributed by atoms with Gasteiger partial charge < -0.3 is 15.3 Å². The van der Waals surface area contributed by atoms with Crippen molar-refractivity contribution in [3.63, 3.8) is 0 Å². The Morgan fingerprint density at radius 2 is 2.25 bits per heavy atom. The first-order valence-electron chi connectivity index (χ1n) is 7.49. The molecule has 1 aliphatic rings. The number of anilines is 1. The summed E-state index contributed by atoms with van der Waals surface area (Å²) < 4.78 is 0. The Kier molecular flexibility index (Phi) is 5.41. The van der Waals surface area contributed by atoms with Crippen molar-refractivity contribution < 1.29 is 9.90 Å². The quantitative estimate of drug-likeness (QED) is 0.888. The summed E-state index contributed by atoms with van der Waals surface area (Å²) in [6.45, 7) is 3.72. The van der Waals surface area contributed by atoms with Crippen LogP contribution in [0.5, 0.6) is 0 Å². The van der Waals surface area contributed by atoms with Crippen LogP contribution in [0.4, 0.5) is 10.5 Å². The molecule has 0 spiro atoms. The lowest BCUT2D eigenvalue weighted by molar-refractivity contribution is 0.136. The van der Waals surface area contributed by atoms with Crippen LogP contribution in [0.25, 0.3) is 0 Å². The van der Waals surface area contributed by atoms with Gasteiger partial charge in [0.05, 0.1) is 0 Å². The highest BCUT2D eigenvalue weighted by molar-refractivity contribution is 5.90. The van der Waals surface area contributed by atoms with E-state index in [-0.39, 0.29) is 18.6 Å². The fourth-order valence-corrected chi connectivity index (χ4v) is 2.72. The third-order valence-corrected chi connectivity index (χ3v) is 3.84. The molecule has 1 aliphatic heterocycles. The van der Waals surface area contributed by atoms with Gasteiger partial charge in [-0.1, -0.05) is 31.5 Å². The number of urea groups is 1. The van der Waals surface area contributed by atoms with Gasteiger partial charge in [0.15, 0.2) is 0 Å². The van der Waals surface area contributed by atoms with Gasteiger partial charge in [-0.25, -0.2) is 4.79 Å². The normalized spacial score (nSPS) is 18.9. The van der Waals surface area contributed by atoms with Crippen LogP contribution in [0, 0.1) is 5.92 Å². The highest BCUT2D eigenvalue weighted by atomic mass is 16.3. The van der Waals surface area contributed by atoms with Crippen LogP contribution >= 0.6 is 0 Å². The monoisotopic (exact) mass is 276 g/mol. The number of benzene rings is 1. The van der Waals surface area contributed by atoms with Gasteiger partial charge >= 0.3 is 6.03 Å². The first-order chi connectivity index (χ1) is 9.74. The number of likely N-dealkylation sites (tertiary alicyclic amines) is 1. The Bertz CT molecular complexity index is 448. The number of hydrogen-bond acceptors (Lipinski definition) is 2. The van der Waals surface area contributed by atoms with Crippen molar-refractivity contribution in [3.8, 4) is 0 Å². The first kappa shape index (κ1) is 14.9. The molecule has 110 valence electrons. The molecule has 0 aromatic heterocycles. The molecule has 2 amide bonds. The molecule has 1 aromatic carbocycles. The largest absolute Gasteiger partial charge is 0.396 e. The Morgan fingerprint density at radius 3 is 3.00 bits per heavy atom. The number of para-hydroxylation sites is 1. The van der Waals surface area contributed by atoms with Crippen LogP contribution in [0.1, 0.15) is 31.7 Å². The molecular formula is C16H24N2O2. The zero-order valence-corrected chi connectivity index (χ0v) is 12.1. The van der Waals surface area contributed by atoms with E-state index in [1.807, 2.05) is 23.1 Å². The number of aliphatic hydroxyl groups is 1. The maximum atomic E-state index is 12.3. The molecule has 4 nitrogen and oxygen atoms in total. The fraction of sp³-hybridized carbons (Fsp3) is 0.562. The van der Waals surface area contributed by atoms with Crippen molar-refractivity contribution in [1.29, 1.82) is 0 Å². The molecule has 4 heteroatoms. The van der Waals surface area contributed by atoms with E-state index in [9.17, 15) is 9.90 Å². The van der Waals surface area contributed by atoms with Crippen molar-refractivity contribution in [2.24, 2.45) is 5.92 Å². The van der Waals surface area contributed by atoms with Gasteiger partial charge in [0.1, 0.15) is 0 Å². The molecule has 2 rings (SSSR count). The predicted octanol–water partition coefficient (Wildman–Crippen LogP) is 2.88. The third-order valence-electron chi connectivity index (χ3n) is 3.84. The molecule has 1 heterocycles. The SMILES string of the molecule is CCCc1ccccc1NC(=O)N1CCC[C@@H](CO)C1. The summed E-state index contributed by atoms with van der Waals surface area (Å²) in [6.07, 6.45) is 4.00. The van der Waals surface area contributed by atoms with Crippen LogP contribution in [-0.4, -0.2) is 35.7 Å². The van der Waals surface area contributed by atoms with Gasteiger partial charge in [0, 0.05) is 25.4 Å². The molecule has 1 saturated heterocycles. The fourth-order valence-electron chi connectivity index (χ4n) is 2.72. The van der Waals surface area contributed by atoms with Crippen molar-refractivity contribution >= 4 is 11.7 Å². The van der Waals surface area contributed by atoms with Gasteiger partial charge in [0.2, 0.25) is 0 Å². The zero-order valence-electron chi connectivity index (χ0n) is 12.1. The molecule has 20 heavy (non-hydrogen) atoms.